The maximum Gasteiger partial charge on any atom is 0.264 e. The van der Waals surface area contributed by atoms with Gasteiger partial charge in [-0.15, -0.1) is 0 Å². The number of aryl methyl sites for hydroxylation is 1. The molecule has 1 N–H and O–H groups in total. The van der Waals surface area contributed by atoms with E-state index < -0.39 is 28.5 Å². The topological polar surface area (TPSA) is 105 Å². The van der Waals surface area contributed by atoms with Gasteiger partial charge < -0.3 is 19.7 Å². The van der Waals surface area contributed by atoms with E-state index in [1.807, 2.05) is 62.4 Å². The van der Waals surface area contributed by atoms with Gasteiger partial charge in [0.15, 0.2) is 0 Å². The van der Waals surface area contributed by atoms with E-state index in [0.717, 1.165) is 41.1 Å². The fourth-order valence-corrected chi connectivity index (χ4v) is 7.34. The van der Waals surface area contributed by atoms with Crippen LogP contribution in [0.5, 0.6) is 17.2 Å². The Morgan fingerprint density at radius 1 is 0.854 bits per heavy atom. The molecule has 9 nitrogen and oxygen atoms in total. The van der Waals surface area contributed by atoms with Gasteiger partial charge in [-0.05, 0) is 92.4 Å². The van der Waals surface area contributed by atoms with E-state index >= 15 is 0 Å². The van der Waals surface area contributed by atoms with Crippen LogP contribution in [-0.4, -0.2) is 50.9 Å². The highest BCUT2D eigenvalue weighted by atomic mass is 32.2. The lowest BCUT2D eigenvalue weighted by Gasteiger charge is -2.34. The van der Waals surface area contributed by atoms with E-state index in [0.29, 0.717) is 23.7 Å². The predicted molar refractivity (Wildman–Crippen MR) is 187 cm³/mol. The van der Waals surface area contributed by atoms with Crippen molar-refractivity contribution in [2.24, 2.45) is 0 Å². The van der Waals surface area contributed by atoms with Crippen molar-refractivity contribution in [2.75, 3.05) is 18.0 Å². The van der Waals surface area contributed by atoms with Crippen LogP contribution in [0.25, 0.3) is 0 Å². The first-order valence-corrected chi connectivity index (χ1v) is 17.8. The number of anilines is 1. The van der Waals surface area contributed by atoms with Gasteiger partial charge in [-0.1, -0.05) is 67.8 Å². The van der Waals surface area contributed by atoms with Crippen LogP contribution < -0.4 is 19.1 Å². The molecule has 0 radical (unpaired) electrons. The van der Waals surface area contributed by atoms with Crippen molar-refractivity contribution >= 4 is 27.5 Å². The van der Waals surface area contributed by atoms with E-state index in [4.69, 9.17) is 9.47 Å². The minimum atomic E-state index is -4.20. The fourth-order valence-electron chi connectivity index (χ4n) is 5.93. The van der Waals surface area contributed by atoms with E-state index in [1.54, 1.807) is 49.6 Å². The zero-order valence-corrected chi connectivity index (χ0v) is 28.5. The zero-order valence-electron chi connectivity index (χ0n) is 27.7. The SMILES string of the molecule is CC[C@H](C(=O)NC1CCCC1)N(Cc1cccc(OC)c1)C(=O)CN(c1ccc(Oc2ccccc2)cc1)S(=O)(=O)c1ccc(C)cc1. The van der Waals surface area contributed by atoms with Gasteiger partial charge in [0.2, 0.25) is 11.8 Å². The highest BCUT2D eigenvalue weighted by molar-refractivity contribution is 7.92. The summed E-state index contributed by atoms with van der Waals surface area (Å²) in [6.45, 7) is 3.30. The predicted octanol–water partition coefficient (Wildman–Crippen LogP) is 6.86. The van der Waals surface area contributed by atoms with Crippen LogP contribution in [0.4, 0.5) is 5.69 Å². The largest absolute Gasteiger partial charge is 0.497 e. The van der Waals surface area contributed by atoms with Gasteiger partial charge in [0.25, 0.3) is 10.0 Å². The molecule has 10 heteroatoms. The minimum Gasteiger partial charge on any atom is -0.497 e. The molecule has 1 fully saturated rings. The second kappa shape index (κ2) is 15.8. The molecule has 1 aliphatic carbocycles. The van der Waals surface area contributed by atoms with Gasteiger partial charge in [0.05, 0.1) is 17.7 Å². The quantitative estimate of drug-likeness (QED) is 0.157. The summed E-state index contributed by atoms with van der Waals surface area (Å²) >= 11 is 0. The Kier molecular flexibility index (Phi) is 11.4. The zero-order chi connectivity index (χ0) is 34.1. The molecular formula is C38H43N3O6S. The molecule has 0 spiro atoms. The average molecular weight is 670 g/mol. The summed E-state index contributed by atoms with van der Waals surface area (Å²) in [7, 11) is -2.64. The van der Waals surface area contributed by atoms with Crippen molar-refractivity contribution in [3.05, 3.63) is 114 Å². The number of nitrogens with one attached hydrogen (secondary N) is 1. The Balaban J connectivity index is 1.50. The summed E-state index contributed by atoms with van der Waals surface area (Å²) < 4.78 is 40.9. The first-order valence-electron chi connectivity index (χ1n) is 16.3. The minimum absolute atomic E-state index is 0.0517. The summed E-state index contributed by atoms with van der Waals surface area (Å²) in [5.41, 5.74) is 1.95. The number of rotatable bonds is 14. The standard InChI is InChI=1S/C38H43N3O6S/c1-4-36(38(43)39-30-12-8-9-13-30)40(26-29-11-10-16-34(25-29)46-3)37(42)27-41(48(44,45)35-23-17-28(2)18-24-35)31-19-21-33(22-20-31)47-32-14-6-5-7-15-32/h5-7,10-11,14-25,30,36H,4,8-9,12-13,26-27H2,1-3H3,(H,39,43)/t36-/m1/s1. The third kappa shape index (κ3) is 8.55. The fraction of sp³-hybridized carbons (Fsp3) is 0.316. The van der Waals surface area contributed by atoms with Gasteiger partial charge in [0.1, 0.15) is 29.8 Å². The number of nitrogens with zero attached hydrogens (tertiary/aromatic N) is 2. The molecule has 48 heavy (non-hydrogen) atoms. The van der Waals surface area contributed by atoms with E-state index in [9.17, 15) is 18.0 Å². The lowest BCUT2D eigenvalue weighted by atomic mass is 10.1. The molecule has 4 aromatic carbocycles. The molecule has 0 heterocycles. The molecule has 0 unspecified atom stereocenters. The Hall–Kier alpha value is -4.83. The lowest BCUT2D eigenvalue weighted by molar-refractivity contribution is -0.140. The van der Waals surface area contributed by atoms with Gasteiger partial charge >= 0.3 is 0 Å². The summed E-state index contributed by atoms with van der Waals surface area (Å²) in [5, 5.41) is 3.14. The molecule has 1 atom stereocenters. The smallest absolute Gasteiger partial charge is 0.264 e. The van der Waals surface area contributed by atoms with Crippen molar-refractivity contribution in [2.45, 2.75) is 69.5 Å². The number of amides is 2. The van der Waals surface area contributed by atoms with Crippen LogP contribution in [-0.2, 0) is 26.2 Å². The van der Waals surface area contributed by atoms with Gasteiger partial charge in [-0.3, -0.25) is 13.9 Å². The molecule has 5 rings (SSSR count). The number of carbonyl (C=O) groups excluding carboxylic acids is 2. The highest BCUT2D eigenvalue weighted by Crippen LogP contribution is 2.29. The number of ether oxygens (including phenoxy) is 2. The third-order valence-corrected chi connectivity index (χ3v) is 10.4. The third-order valence-electron chi connectivity index (χ3n) is 8.57. The monoisotopic (exact) mass is 669 g/mol. The van der Waals surface area contributed by atoms with Gasteiger partial charge in [0, 0.05) is 12.6 Å². The van der Waals surface area contributed by atoms with Crippen molar-refractivity contribution in [1.82, 2.24) is 10.2 Å². The van der Waals surface area contributed by atoms with E-state index in [2.05, 4.69) is 5.32 Å². The van der Waals surface area contributed by atoms with E-state index in [1.165, 1.54) is 17.0 Å². The van der Waals surface area contributed by atoms with Crippen LogP contribution in [0.1, 0.15) is 50.2 Å². The second-order valence-electron chi connectivity index (χ2n) is 12.0. The lowest BCUT2D eigenvalue weighted by Crippen LogP contribution is -2.53. The number of carbonyl (C=O) groups is 2. The van der Waals surface area contributed by atoms with Crippen molar-refractivity contribution in [1.29, 1.82) is 0 Å². The normalized spacial score (nSPS) is 13.8. The molecule has 0 bridgehead atoms. The summed E-state index contributed by atoms with van der Waals surface area (Å²) in [4.78, 5) is 29.7. The maximum atomic E-state index is 14.5. The van der Waals surface area contributed by atoms with E-state index in [-0.39, 0.29) is 29.1 Å². The molecule has 0 aromatic heterocycles. The molecule has 4 aromatic rings. The van der Waals surface area contributed by atoms with Crippen LogP contribution in [0.2, 0.25) is 0 Å². The summed E-state index contributed by atoms with van der Waals surface area (Å²) in [6.07, 6.45) is 4.26. The average Bonchev–Trinajstić information content (AvgIpc) is 3.61. The molecule has 0 saturated heterocycles. The summed E-state index contributed by atoms with van der Waals surface area (Å²) in [6, 6.07) is 28.9. The number of hydrogen-bond donors (Lipinski definition) is 1. The number of hydrogen-bond acceptors (Lipinski definition) is 6. The van der Waals surface area contributed by atoms with Gasteiger partial charge in [-0.25, -0.2) is 8.42 Å². The molecule has 0 aliphatic heterocycles. The molecule has 1 aliphatic rings. The first-order chi connectivity index (χ1) is 23.2. The molecule has 2 amide bonds. The number of benzene rings is 4. The molecule has 252 valence electrons. The Morgan fingerprint density at radius 3 is 2.15 bits per heavy atom. The Labute approximate surface area is 283 Å². The first kappa shape index (κ1) is 34.5. The second-order valence-corrected chi connectivity index (χ2v) is 13.9. The maximum absolute atomic E-state index is 14.5. The number of para-hydroxylation sites is 1. The number of sulfonamides is 1. The number of methoxy groups -OCH3 is 1. The van der Waals surface area contributed by atoms with Crippen LogP contribution >= 0.6 is 0 Å². The van der Waals surface area contributed by atoms with Crippen molar-refractivity contribution in [3.8, 4) is 17.2 Å². The van der Waals surface area contributed by atoms with Crippen molar-refractivity contribution in [3.63, 3.8) is 0 Å². The van der Waals surface area contributed by atoms with Crippen LogP contribution in [0.3, 0.4) is 0 Å². The molecule has 1 saturated carbocycles. The Morgan fingerprint density at radius 2 is 1.50 bits per heavy atom. The van der Waals surface area contributed by atoms with Crippen molar-refractivity contribution < 1.29 is 27.5 Å². The van der Waals surface area contributed by atoms with Crippen LogP contribution in [0, 0.1) is 6.92 Å². The van der Waals surface area contributed by atoms with Gasteiger partial charge in [-0.2, -0.15) is 0 Å². The highest BCUT2D eigenvalue weighted by Gasteiger charge is 2.34. The van der Waals surface area contributed by atoms with Crippen LogP contribution in [0.15, 0.2) is 108 Å². The Bertz CT molecular complexity index is 1770. The summed E-state index contributed by atoms with van der Waals surface area (Å²) in [5.74, 6) is 1.02. The molecular weight excluding hydrogens is 627 g/mol.